The van der Waals surface area contributed by atoms with E-state index in [9.17, 15) is 4.79 Å². The third kappa shape index (κ3) is 3.31. The van der Waals surface area contributed by atoms with Crippen LogP contribution in [0.3, 0.4) is 0 Å². The summed E-state index contributed by atoms with van der Waals surface area (Å²) in [6, 6.07) is 6.00. The minimum absolute atomic E-state index is 0.150. The molecule has 25 heavy (non-hydrogen) atoms. The van der Waals surface area contributed by atoms with E-state index in [-0.39, 0.29) is 5.91 Å². The van der Waals surface area contributed by atoms with E-state index in [1.54, 1.807) is 0 Å². The summed E-state index contributed by atoms with van der Waals surface area (Å²) in [6.07, 6.45) is 2.75. The van der Waals surface area contributed by atoms with Crippen molar-refractivity contribution in [3.8, 4) is 0 Å². The zero-order valence-corrected chi connectivity index (χ0v) is 15.2. The van der Waals surface area contributed by atoms with Crippen molar-refractivity contribution in [2.75, 3.05) is 39.3 Å². The van der Waals surface area contributed by atoms with Gasteiger partial charge in [-0.25, -0.2) is 0 Å². The first-order chi connectivity index (χ1) is 12.1. The molecule has 3 heterocycles. The number of nitrogens with zero attached hydrogens (tertiary/aromatic N) is 2. The van der Waals surface area contributed by atoms with E-state index in [2.05, 4.69) is 23.7 Å². The lowest BCUT2D eigenvalue weighted by Gasteiger charge is -2.35. The zero-order chi connectivity index (χ0) is 17.4. The fourth-order valence-electron chi connectivity index (χ4n) is 3.99. The first-order valence-corrected chi connectivity index (χ1v) is 9.34. The van der Waals surface area contributed by atoms with Crippen molar-refractivity contribution in [1.82, 2.24) is 14.8 Å². The van der Waals surface area contributed by atoms with Gasteiger partial charge in [-0.1, -0.05) is 0 Å². The lowest BCUT2D eigenvalue weighted by atomic mass is 10.1. The monoisotopic (exact) mass is 341 g/mol. The number of hydrogen-bond acceptors (Lipinski definition) is 3. The fourth-order valence-corrected chi connectivity index (χ4v) is 3.99. The van der Waals surface area contributed by atoms with Crippen LogP contribution in [0, 0.1) is 13.8 Å². The third-order valence-corrected chi connectivity index (χ3v) is 5.70. The van der Waals surface area contributed by atoms with Gasteiger partial charge in [0.25, 0.3) is 5.91 Å². The van der Waals surface area contributed by atoms with Crippen molar-refractivity contribution < 1.29 is 9.53 Å². The van der Waals surface area contributed by atoms with Gasteiger partial charge in [0.1, 0.15) is 0 Å². The van der Waals surface area contributed by atoms with Crippen LogP contribution in [-0.4, -0.2) is 66.1 Å². The smallest absolute Gasteiger partial charge is 0.253 e. The number of ether oxygens (including phenoxy) is 1. The van der Waals surface area contributed by atoms with Gasteiger partial charge in [-0.15, -0.1) is 0 Å². The van der Waals surface area contributed by atoms with Crippen LogP contribution in [0.1, 0.15) is 34.5 Å². The number of amides is 1. The second-order valence-electron chi connectivity index (χ2n) is 7.36. The number of fused-ring (bicyclic) bond motifs is 1. The molecule has 1 N–H and O–H groups in total. The maximum Gasteiger partial charge on any atom is 0.253 e. The van der Waals surface area contributed by atoms with Gasteiger partial charge in [0.05, 0.1) is 6.10 Å². The molecule has 134 valence electrons. The summed E-state index contributed by atoms with van der Waals surface area (Å²) in [4.78, 5) is 20.7. The number of rotatable bonds is 3. The molecule has 1 amide bonds. The largest absolute Gasteiger partial charge is 0.377 e. The summed E-state index contributed by atoms with van der Waals surface area (Å²) in [5.41, 5.74) is 4.29. The second kappa shape index (κ2) is 6.81. The fraction of sp³-hybridized carbons (Fsp3) is 0.550. The summed E-state index contributed by atoms with van der Waals surface area (Å²) in [5.74, 6) is 0.150. The van der Waals surface area contributed by atoms with E-state index >= 15 is 0 Å². The normalized spacial score (nSPS) is 22.0. The molecular weight excluding hydrogens is 314 g/mol. The first-order valence-electron chi connectivity index (χ1n) is 9.34. The molecule has 5 nitrogen and oxygen atoms in total. The van der Waals surface area contributed by atoms with E-state index in [4.69, 9.17) is 4.74 Å². The number of piperazine rings is 1. The van der Waals surface area contributed by atoms with E-state index < -0.39 is 0 Å². The highest BCUT2D eigenvalue weighted by Gasteiger charge is 2.25. The van der Waals surface area contributed by atoms with Crippen LogP contribution >= 0.6 is 0 Å². The predicted molar refractivity (Wildman–Crippen MR) is 99.1 cm³/mol. The summed E-state index contributed by atoms with van der Waals surface area (Å²) < 4.78 is 5.73. The molecule has 0 bridgehead atoms. The van der Waals surface area contributed by atoms with Gasteiger partial charge < -0.3 is 14.6 Å². The number of aromatic amines is 1. The average Bonchev–Trinajstić information content (AvgIpc) is 3.23. The molecule has 2 aliphatic rings. The molecule has 0 saturated carbocycles. The van der Waals surface area contributed by atoms with Gasteiger partial charge in [0, 0.05) is 61.5 Å². The van der Waals surface area contributed by atoms with Crippen LogP contribution in [0.15, 0.2) is 18.2 Å². The SMILES string of the molecule is Cc1[nH]c2ccc(C(=O)N3CCN(C[C@H]4CCCO4)CC3)cc2c1C. The molecule has 5 heteroatoms. The molecule has 2 aliphatic heterocycles. The van der Waals surface area contributed by atoms with Crippen LogP contribution in [0.4, 0.5) is 0 Å². The first kappa shape index (κ1) is 16.6. The molecule has 2 aromatic rings. The summed E-state index contributed by atoms with van der Waals surface area (Å²) in [6.45, 7) is 9.57. The number of nitrogens with one attached hydrogen (secondary N) is 1. The van der Waals surface area contributed by atoms with Crippen molar-refractivity contribution >= 4 is 16.8 Å². The Morgan fingerprint density at radius 3 is 2.76 bits per heavy atom. The lowest BCUT2D eigenvalue weighted by Crippen LogP contribution is -2.50. The Bertz CT molecular complexity index is 769. The molecule has 1 aromatic carbocycles. The van der Waals surface area contributed by atoms with E-state index in [1.807, 2.05) is 23.1 Å². The maximum absolute atomic E-state index is 12.9. The van der Waals surface area contributed by atoms with Crippen molar-refractivity contribution in [2.24, 2.45) is 0 Å². The maximum atomic E-state index is 12.9. The number of H-pyrrole nitrogens is 1. The molecule has 2 saturated heterocycles. The minimum Gasteiger partial charge on any atom is -0.377 e. The quantitative estimate of drug-likeness (QED) is 0.934. The number of aromatic nitrogens is 1. The molecule has 0 spiro atoms. The van der Waals surface area contributed by atoms with Gasteiger partial charge in [0.2, 0.25) is 0 Å². The predicted octanol–water partition coefficient (Wildman–Crippen LogP) is 2.72. The van der Waals surface area contributed by atoms with Gasteiger partial charge in [-0.05, 0) is 50.5 Å². The highest BCUT2D eigenvalue weighted by atomic mass is 16.5. The Kier molecular flexibility index (Phi) is 4.52. The van der Waals surface area contributed by atoms with E-state index in [0.717, 1.165) is 55.8 Å². The number of hydrogen-bond donors (Lipinski definition) is 1. The van der Waals surface area contributed by atoms with Crippen molar-refractivity contribution in [3.05, 3.63) is 35.0 Å². The number of carbonyl (C=O) groups is 1. The Labute approximate surface area is 148 Å². The highest BCUT2D eigenvalue weighted by Crippen LogP contribution is 2.23. The minimum atomic E-state index is 0.150. The Morgan fingerprint density at radius 1 is 1.24 bits per heavy atom. The molecule has 1 atom stereocenters. The Balaban J connectivity index is 1.40. The standard InChI is InChI=1S/C20H27N3O2/c1-14-15(2)21-19-6-5-16(12-18(14)19)20(24)23-9-7-22(8-10-23)13-17-4-3-11-25-17/h5-6,12,17,21H,3-4,7-11,13H2,1-2H3/t17-/m1/s1. The van der Waals surface area contributed by atoms with Crippen LogP contribution in [0.2, 0.25) is 0 Å². The zero-order valence-electron chi connectivity index (χ0n) is 15.2. The second-order valence-corrected chi connectivity index (χ2v) is 7.36. The third-order valence-electron chi connectivity index (χ3n) is 5.70. The average molecular weight is 341 g/mol. The van der Waals surface area contributed by atoms with Gasteiger partial charge in [0.15, 0.2) is 0 Å². The molecule has 4 rings (SSSR count). The van der Waals surface area contributed by atoms with Crippen LogP contribution in [-0.2, 0) is 4.74 Å². The molecule has 1 aromatic heterocycles. The summed E-state index contributed by atoms with van der Waals surface area (Å²) >= 11 is 0. The van der Waals surface area contributed by atoms with Crippen LogP contribution in [0.5, 0.6) is 0 Å². The Hall–Kier alpha value is -1.85. The van der Waals surface area contributed by atoms with Crippen molar-refractivity contribution in [1.29, 1.82) is 0 Å². The lowest BCUT2D eigenvalue weighted by molar-refractivity contribution is 0.0433. The molecular formula is C20H27N3O2. The number of carbonyl (C=O) groups excluding carboxylic acids is 1. The highest BCUT2D eigenvalue weighted by molar-refractivity contribution is 5.99. The van der Waals surface area contributed by atoms with Gasteiger partial charge in [-0.3, -0.25) is 9.69 Å². The molecule has 2 fully saturated rings. The molecule has 0 aliphatic carbocycles. The summed E-state index contributed by atoms with van der Waals surface area (Å²) in [5, 5.41) is 1.15. The summed E-state index contributed by atoms with van der Waals surface area (Å²) in [7, 11) is 0. The van der Waals surface area contributed by atoms with Crippen molar-refractivity contribution in [2.45, 2.75) is 32.8 Å². The van der Waals surface area contributed by atoms with E-state index in [0.29, 0.717) is 6.10 Å². The van der Waals surface area contributed by atoms with Crippen molar-refractivity contribution in [3.63, 3.8) is 0 Å². The number of aryl methyl sites for hydroxylation is 2. The van der Waals surface area contributed by atoms with Crippen LogP contribution in [0.25, 0.3) is 10.9 Å². The van der Waals surface area contributed by atoms with E-state index in [1.165, 1.54) is 24.1 Å². The molecule has 0 unspecified atom stereocenters. The van der Waals surface area contributed by atoms with Gasteiger partial charge >= 0.3 is 0 Å². The topological polar surface area (TPSA) is 48.6 Å². The van der Waals surface area contributed by atoms with Crippen LogP contribution < -0.4 is 0 Å². The molecule has 0 radical (unpaired) electrons. The number of benzene rings is 1. The van der Waals surface area contributed by atoms with Gasteiger partial charge in [-0.2, -0.15) is 0 Å². The Morgan fingerprint density at radius 2 is 2.04 bits per heavy atom.